The van der Waals surface area contributed by atoms with Gasteiger partial charge in [0.25, 0.3) is 0 Å². The molecule has 0 unspecified atom stereocenters. The summed E-state index contributed by atoms with van der Waals surface area (Å²) in [6.45, 7) is 5.72. The van der Waals surface area contributed by atoms with Crippen molar-refractivity contribution in [3.05, 3.63) is 77.3 Å². The number of hydrogen-bond acceptors (Lipinski definition) is 4. The Morgan fingerprint density at radius 2 is 1.87 bits per heavy atom. The predicted octanol–water partition coefficient (Wildman–Crippen LogP) is 3.30. The van der Waals surface area contributed by atoms with Crippen LogP contribution in [0.25, 0.3) is 11.8 Å². The topological polar surface area (TPSA) is 80.1 Å². The van der Waals surface area contributed by atoms with Gasteiger partial charge in [0.2, 0.25) is 11.8 Å². The van der Waals surface area contributed by atoms with Gasteiger partial charge in [-0.1, -0.05) is 18.2 Å². The number of para-hydroxylation sites is 1. The summed E-state index contributed by atoms with van der Waals surface area (Å²) >= 11 is 0. The molecule has 7 nitrogen and oxygen atoms in total. The van der Waals surface area contributed by atoms with Crippen LogP contribution in [0.2, 0.25) is 0 Å². The van der Waals surface area contributed by atoms with Crippen LogP contribution in [0, 0.1) is 20.8 Å². The van der Waals surface area contributed by atoms with Crippen molar-refractivity contribution in [1.82, 2.24) is 19.7 Å². The Morgan fingerprint density at radius 3 is 2.57 bits per heavy atom. The molecule has 0 saturated carbocycles. The van der Waals surface area contributed by atoms with Crippen molar-refractivity contribution >= 4 is 23.7 Å². The lowest BCUT2D eigenvalue weighted by Gasteiger charge is -2.14. The van der Waals surface area contributed by atoms with Gasteiger partial charge in [-0.15, -0.1) is 0 Å². The Labute approximate surface area is 176 Å². The average Bonchev–Trinajstić information content (AvgIpc) is 3.00. The Kier molecular flexibility index (Phi) is 6.41. The standard InChI is InChI=1S/C23H25N5O2/c1-16-12-13-24-21(14-16)25-22(29)15-27(4)23(30)11-10-20-17(2)26-28(18(20)3)19-8-6-5-7-9-19/h5-14H,15H2,1-4H3,(H,24,25,29)/b11-10+. The third-order valence-corrected chi connectivity index (χ3v) is 4.68. The molecule has 0 radical (unpaired) electrons. The van der Waals surface area contributed by atoms with Crippen molar-refractivity contribution in [2.24, 2.45) is 0 Å². The summed E-state index contributed by atoms with van der Waals surface area (Å²) in [5.74, 6) is -0.105. The van der Waals surface area contributed by atoms with E-state index in [4.69, 9.17) is 0 Å². The first-order valence-corrected chi connectivity index (χ1v) is 9.62. The number of nitrogens with zero attached hydrogens (tertiary/aromatic N) is 4. The predicted molar refractivity (Wildman–Crippen MR) is 117 cm³/mol. The van der Waals surface area contributed by atoms with Crippen LogP contribution in [0.15, 0.2) is 54.7 Å². The summed E-state index contributed by atoms with van der Waals surface area (Å²) in [6, 6.07) is 13.4. The second-order valence-corrected chi connectivity index (χ2v) is 7.13. The minimum Gasteiger partial charge on any atom is -0.333 e. The quantitative estimate of drug-likeness (QED) is 0.641. The zero-order valence-corrected chi connectivity index (χ0v) is 17.6. The Bertz CT molecular complexity index is 1090. The highest BCUT2D eigenvalue weighted by Crippen LogP contribution is 2.19. The van der Waals surface area contributed by atoms with E-state index in [-0.39, 0.29) is 18.4 Å². The number of aromatic nitrogens is 3. The Morgan fingerprint density at radius 1 is 1.13 bits per heavy atom. The number of amides is 2. The highest BCUT2D eigenvalue weighted by molar-refractivity contribution is 5.97. The number of nitrogens with one attached hydrogen (secondary N) is 1. The lowest BCUT2D eigenvalue weighted by atomic mass is 10.2. The third kappa shape index (κ3) is 5.00. The summed E-state index contributed by atoms with van der Waals surface area (Å²) in [5.41, 5.74) is 4.60. The fourth-order valence-corrected chi connectivity index (χ4v) is 3.08. The summed E-state index contributed by atoms with van der Waals surface area (Å²) < 4.78 is 1.85. The maximum absolute atomic E-state index is 12.5. The third-order valence-electron chi connectivity index (χ3n) is 4.68. The molecule has 0 aliphatic rings. The van der Waals surface area contributed by atoms with Gasteiger partial charge in [-0.3, -0.25) is 9.59 Å². The van der Waals surface area contributed by atoms with E-state index < -0.39 is 0 Å². The van der Waals surface area contributed by atoms with Crippen LogP contribution in [0.5, 0.6) is 0 Å². The molecule has 2 amide bonds. The normalized spacial score (nSPS) is 10.9. The highest BCUT2D eigenvalue weighted by atomic mass is 16.2. The number of rotatable bonds is 6. The fraction of sp³-hybridized carbons (Fsp3) is 0.217. The van der Waals surface area contributed by atoms with Crippen LogP contribution in [0.1, 0.15) is 22.5 Å². The van der Waals surface area contributed by atoms with Crippen LogP contribution >= 0.6 is 0 Å². The molecule has 0 bridgehead atoms. The van der Waals surface area contributed by atoms with Crippen molar-refractivity contribution in [3.8, 4) is 5.69 Å². The zero-order valence-electron chi connectivity index (χ0n) is 17.6. The second-order valence-electron chi connectivity index (χ2n) is 7.13. The molecular weight excluding hydrogens is 378 g/mol. The lowest BCUT2D eigenvalue weighted by molar-refractivity contribution is -0.129. The largest absolute Gasteiger partial charge is 0.333 e. The van der Waals surface area contributed by atoms with E-state index in [0.717, 1.165) is 28.2 Å². The first-order chi connectivity index (χ1) is 14.3. The zero-order chi connectivity index (χ0) is 21.7. The first-order valence-electron chi connectivity index (χ1n) is 9.62. The first kappa shape index (κ1) is 21.0. The van der Waals surface area contributed by atoms with Gasteiger partial charge in [0.1, 0.15) is 5.82 Å². The molecule has 154 valence electrons. The maximum Gasteiger partial charge on any atom is 0.246 e. The van der Waals surface area contributed by atoms with Gasteiger partial charge in [0.15, 0.2) is 0 Å². The van der Waals surface area contributed by atoms with E-state index in [1.54, 1.807) is 25.4 Å². The van der Waals surface area contributed by atoms with Gasteiger partial charge in [0.05, 0.1) is 17.9 Å². The number of likely N-dealkylation sites (N-methyl/N-ethyl adjacent to an activating group) is 1. The van der Waals surface area contributed by atoms with E-state index in [1.165, 1.54) is 11.0 Å². The van der Waals surface area contributed by atoms with Gasteiger partial charge >= 0.3 is 0 Å². The minimum atomic E-state index is -0.304. The maximum atomic E-state index is 12.5. The second kappa shape index (κ2) is 9.17. The van der Waals surface area contributed by atoms with Crippen LogP contribution in [0.4, 0.5) is 5.82 Å². The molecule has 0 saturated heterocycles. The molecular formula is C23H25N5O2. The molecule has 1 N–H and O–H groups in total. The van der Waals surface area contributed by atoms with Crippen LogP contribution < -0.4 is 5.32 Å². The molecule has 1 aromatic carbocycles. The molecule has 7 heteroatoms. The van der Waals surface area contributed by atoms with Crippen molar-refractivity contribution in [1.29, 1.82) is 0 Å². The van der Waals surface area contributed by atoms with E-state index in [2.05, 4.69) is 15.4 Å². The smallest absolute Gasteiger partial charge is 0.246 e. The Balaban J connectivity index is 1.65. The van der Waals surface area contributed by atoms with Gasteiger partial charge < -0.3 is 10.2 Å². The molecule has 3 rings (SSSR count). The van der Waals surface area contributed by atoms with Crippen molar-refractivity contribution < 1.29 is 9.59 Å². The van der Waals surface area contributed by atoms with E-state index >= 15 is 0 Å². The number of aryl methyl sites for hydroxylation is 2. The fourth-order valence-electron chi connectivity index (χ4n) is 3.08. The molecule has 30 heavy (non-hydrogen) atoms. The molecule has 0 aliphatic carbocycles. The summed E-state index contributed by atoms with van der Waals surface area (Å²) in [6.07, 6.45) is 4.84. The molecule has 3 aromatic rings. The molecule has 0 atom stereocenters. The SMILES string of the molecule is Cc1ccnc(NC(=O)CN(C)C(=O)/C=C/c2c(C)nn(-c3ccccc3)c2C)c1. The number of benzene rings is 1. The molecule has 0 aliphatic heterocycles. The van der Waals surface area contributed by atoms with Crippen molar-refractivity contribution in [2.45, 2.75) is 20.8 Å². The van der Waals surface area contributed by atoms with E-state index in [9.17, 15) is 9.59 Å². The number of carbonyl (C=O) groups excluding carboxylic acids is 2. The van der Waals surface area contributed by atoms with Crippen molar-refractivity contribution in [2.75, 3.05) is 18.9 Å². The number of pyridine rings is 1. The van der Waals surface area contributed by atoms with Crippen LogP contribution in [-0.2, 0) is 9.59 Å². The molecule has 2 heterocycles. The van der Waals surface area contributed by atoms with Gasteiger partial charge in [-0.05, 0) is 56.7 Å². The highest BCUT2D eigenvalue weighted by Gasteiger charge is 2.14. The average molecular weight is 403 g/mol. The van der Waals surface area contributed by atoms with Gasteiger partial charge in [0, 0.05) is 30.6 Å². The van der Waals surface area contributed by atoms with E-state index in [1.807, 2.05) is 61.9 Å². The molecule has 2 aromatic heterocycles. The van der Waals surface area contributed by atoms with Gasteiger partial charge in [-0.25, -0.2) is 9.67 Å². The molecule has 0 spiro atoms. The lowest BCUT2D eigenvalue weighted by Crippen LogP contribution is -2.34. The van der Waals surface area contributed by atoms with Crippen molar-refractivity contribution in [3.63, 3.8) is 0 Å². The number of hydrogen-bond donors (Lipinski definition) is 1. The molecule has 0 fully saturated rings. The Hall–Kier alpha value is -3.74. The number of carbonyl (C=O) groups is 2. The summed E-state index contributed by atoms with van der Waals surface area (Å²) in [4.78, 5) is 30.1. The van der Waals surface area contributed by atoms with Gasteiger partial charge in [-0.2, -0.15) is 5.10 Å². The minimum absolute atomic E-state index is 0.0694. The van der Waals surface area contributed by atoms with E-state index in [0.29, 0.717) is 5.82 Å². The van der Waals surface area contributed by atoms with Crippen LogP contribution in [0.3, 0.4) is 0 Å². The summed E-state index contributed by atoms with van der Waals surface area (Å²) in [5, 5.41) is 7.28. The van der Waals surface area contributed by atoms with Crippen LogP contribution in [-0.4, -0.2) is 45.1 Å². The number of anilines is 1. The monoisotopic (exact) mass is 403 g/mol. The summed E-state index contributed by atoms with van der Waals surface area (Å²) in [7, 11) is 1.59.